The van der Waals surface area contributed by atoms with E-state index in [1.807, 2.05) is 0 Å². The van der Waals surface area contributed by atoms with E-state index in [1.165, 1.54) is 32.1 Å². The molecule has 0 aliphatic heterocycles. The van der Waals surface area contributed by atoms with E-state index in [2.05, 4.69) is 22.1 Å². The Morgan fingerprint density at radius 1 is 1.29 bits per heavy atom. The minimum Gasteiger partial charge on any atom is -0.408 e. The van der Waals surface area contributed by atoms with Gasteiger partial charge < -0.3 is 15.1 Å². The molecule has 1 fully saturated rings. The van der Waals surface area contributed by atoms with Crippen molar-refractivity contribution in [3.63, 3.8) is 0 Å². The van der Waals surface area contributed by atoms with Crippen LogP contribution in [-0.4, -0.2) is 34.7 Å². The SMILES string of the molecule is CN(CCCc1nnc(N)o1)C1CCCCC1. The van der Waals surface area contributed by atoms with E-state index in [9.17, 15) is 0 Å². The molecule has 2 N–H and O–H groups in total. The molecular weight excluding hydrogens is 216 g/mol. The van der Waals surface area contributed by atoms with Crippen molar-refractivity contribution in [2.45, 2.75) is 51.0 Å². The maximum atomic E-state index is 5.38. The van der Waals surface area contributed by atoms with Gasteiger partial charge in [0.15, 0.2) is 0 Å². The predicted molar refractivity (Wildman–Crippen MR) is 66.5 cm³/mol. The molecule has 1 aliphatic carbocycles. The maximum Gasteiger partial charge on any atom is 0.312 e. The second kappa shape index (κ2) is 6.00. The molecule has 0 amide bonds. The molecule has 0 aromatic carbocycles. The van der Waals surface area contributed by atoms with E-state index in [0.29, 0.717) is 5.89 Å². The first-order valence-corrected chi connectivity index (χ1v) is 6.54. The van der Waals surface area contributed by atoms with E-state index < -0.39 is 0 Å². The van der Waals surface area contributed by atoms with Crippen LogP contribution in [0.5, 0.6) is 0 Å². The summed E-state index contributed by atoms with van der Waals surface area (Å²) in [7, 11) is 2.22. The second-order valence-electron chi connectivity index (χ2n) is 4.91. The zero-order valence-electron chi connectivity index (χ0n) is 10.6. The highest BCUT2D eigenvalue weighted by atomic mass is 16.4. The maximum absolute atomic E-state index is 5.38. The number of hydrogen-bond donors (Lipinski definition) is 1. The van der Waals surface area contributed by atoms with E-state index in [4.69, 9.17) is 10.2 Å². The van der Waals surface area contributed by atoms with E-state index in [-0.39, 0.29) is 6.01 Å². The largest absolute Gasteiger partial charge is 0.408 e. The molecule has 0 spiro atoms. The van der Waals surface area contributed by atoms with Crippen LogP contribution in [0.1, 0.15) is 44.4 Å². The summed E-state index contributed by atoms with van der Waals surface area (Å²) < 4.78 is 5.15. The second-order valence-corrected chi connectivity index (χ2v) is 4.91. The summed E-state index contributed by atoms with van der Waals surface area (Å²) in [4.78, 5) is 2.47. The summed E-state index contributed by atoms with van der Waals surface area (Å²) in [6.07, 6.45) is 8.75. The van der Waals surface area contributed by atoms with Gasteiger partial charge in [0.2, 0.25) is 5.89 Å². The molecule has 1 aromatic rings. The Morgan fingerprint density at radius 3 is 2.71 bits per heavy atom. The van der Waals surface area contributed by atoms with Crippen LogP contribution in [0.4, 0.5) is 6.01 Å². The van der Waals surface area contributed by atoms with Gasteiger partial charge in [-0.15, -0.1) is 5.10 Å². The molecule has 5 nitrogen and oxygen atoms in total. The third kappa shape index (κ3) is 3.70. The molecule has 1 aliphatic rings. The van der Waals surface area contributed by atoms with Crippen LogP contribution in [0, 0.1) is 0 Å². The van der Waals surface area contributed by atoms with Crippen molar-refractivity contribution in [1.82, 2.24) is 15.1 Å². The Morgan fingerprint density at radius 2 is 2.06 bits per heavy atom. The standard InChI is InChI=1S/C12H22N4O/c1-16(10-6-3-2-4-7-10)9-5-8-11-14-15-12(13)17-11/h10H,2-9H2,1H3,(H2,13,15). The monoisotopic (exact) mass is 238 g/mol. The molecule has 1 aromatic heterocycles. The fourth-order valence-corrected chi connectivity index (χ4v) is 2.55. The summed E-state index contributed by atoms with van der Waals surface area (Å²) in [5, 5.41) is 7.52. The molecule has 1 heterocycles. The van der Waals surface area contributed by atoms with Crippen molar-refractivity contribution in [1.29, 1.82) is 0 Å². The molecule has 0 atom stereocenters. The Kier molecular flexibility index (Phi) is 4.36. The summed E-state index contributed by atoms with van der Waals surface area (Å²) in [6, 6.07) is 0.942. The Bertz CT molecular complexity index is 333. The molecule has 96 valence electrons. The van der Waals surface area contributed by atoms with Crippen molar-refractivity contribution < 1.29 is 4.42 Å². The van der Waals surface area contributed by atoms with Crippen molar-refractivity contribution in [2.24, 2.45) is 0 Å². The van der Waals surface area contributed by atoms with Crippen LogP contribution in [0.2, 0.25) is 0 Å². The Balaban J connectivity index is 1.67. The topological polar surface area (TPSA) is 68.2 Å². The van der Waals surface area contributed by atoms with Gasteiger partial charge in [-0.1, -0.05) is 24.4 Å². The van der Waals surface area contributed by atoms with Crippen molar-refractivity contribution >= 4 is 6.01 Å². The van der Waals surface area contributed by atoms with Crippen molar-refractivity contribution in [2.75, 3.05) is 19.3 Å². The lowest BCUT2D eigenvalue weighted by molar-refractivity contribution is 0.189. The van der Waals surface area contributed by atoms with Gasteiger partial charge in [0.1, 0.15) is 0 Å². The number of anilines is 1. The predicted octanol–water partition coefficient (Wildman–Crippen LogP) is 1.85. The zero-order valence-corrected chi connectivity index (χ0v) is 10.6. The van der Waals surface area contributed by atoms with Crippen LogP contribution in [-0.2, 0) is 6.42 Å². The van der Waals surface area contributed by atoms with E-state index in [0.717, 1.165) is 25.4 Å². The van der Waals surface area contributed by atoms with Crippen molar-refractivity contribution in [3.8, 4) is 0 Å². The molecule has 0 radical (unpaired) electrons. The number of nitrogens with zero attached hydrogens (tertiary/aromatic N) is 3. The molecular formula is C12H22N4O. The summed E-state index contributed by atoms with van der Waals surface area (Å²) in [5.41, 5.74) is 5.38. The minimum absolute atomic E-state index is 0.167. The van der Waals surface area contributed by atoms with E-state index >= 15 is 0 Å². The van der Waals surface area contributed by atoms with Gasteiger partial charge in [0, 0.05) is 12.5 Å². The quantitative estimate of drug-likeness (QED) is 0.847. The van der Waals surface area contributed by atoms with Crippen molar-refractivity contribution in [3.05, 3.63) is 5.89 Å². The fraction of sp³-hybridized carbons (Fsp3) is 0.833. The summed E-state index contributed by atoms with van der Waals surface area (Å²) >= 11 is 0. The van der Waals surface area contributed by atoms with Crippen LogP contribution in [0.3, 0.4) is 0 Å². The summed E-state index contributed by atoms with van der Waals surface area (Å²) in [5.74, 6) is 0.652. The number of hydrogen-bond acceptors (Lipinski definition) is 5. The smallest absolute Gasteiger partial charge is 0.312 e. The number of aryl methyl sites for hydroxylation is 1. The average Bonchev–Trinajstić information content (AvgIpc) is 2.76. The lowest BCUT2D eigenvalue weighted by Gasteiger charge is -2.31. The van der Waals surface area contributed by atoms with Gasteiger partial charge in [-0.2, -0.15) is 0 Å². The summed E-state index contributed by atoms with van der Waals surface area (Å²) in [6.45, 7) is 1.09. The molecule has 17 heavy (non-hydrogen) atoms. The first-order valence-electron chi connectivity index (χ1n) is 6.54. The van der Waals surface area contributed by atoms with Crippen LogP contribution < -0.4 is 5.73 Å². The first kappa shape index (κ1) is 12.4. The minimum atomic E-state index is 0.167. The molecule has 0 unspecified atom stereocenters. The third-order valence-corrected chi connectivity index (χ3v) is 3.58. The zero-order chi connectivity index (χ0) is 12.1. The van der Waals surface area contributed by atoms with Gasteiger partial charge >= 0.3 is 6.01 Å². The number of nitrogen functional groups attached to an aromatic ring is 1. The molecule has 0 saturated heterocycles. The number of aromatic nitrogens is 2. The van der Waals surface area contributed by atoms with Gasteiger partial charge in [-0.25, -0.2) is 0 Å². The average molecular weight is 238 g/mol. The molecule has 0 bridgehead atoms. The number of rotatable bonds is 5. The van der Waals surface area contributed by atoms with Gasteiger partial charge in [-0.05, 0) is 32.9 Å². The normalized spacial score (nSPS) is 17.8. The van der Waals surface area contributed by atoms with Gasteiger partial charge in [0.25, 0.3) is 0 Å². The highest BCUT2D eigenvalue weighted by Crippen LogP contribution is 2.21. The molecule has 1 saturated carbocycles. The lowest BCUT2D eigenvalue weighted by Crippen LogP contribution is -2.34. The Hall–Kier alpha value is -1.10. The first-order chi connectivity index (χ1) is 8.25. The van der Waals surface area contributed by atoms with Gasteiger partial charge in [0.05, 0.1) is 0 Å². The van der Waals surface area contributed by atoms with Crippen LogP contribution >= 0.6 is 0 Å². The van der Waals surface area contributed by atoms with Crippen LogP contribution in [0.15, 0.2) is 4.42 Å². The lowest BCUT2D eigenvalue weighted by atomic mass is 9.94. The molecule has 5 heteroatoms. The fourth-order valence-electron chi connectivity index (χ4n) is 2.55. The van der Waals surface area contributed by atoms with Crippen LogP contribution in [0.25, 0.3) is 0 Å². The third-order valence-electron chi connectivity index (χ3n) is 3.58. The highest BCUT2D eigenvalue weighted by Gasteiger charge is 2.17. The number of nitrogens with two attached hydrogens (primary N) is 1. The highest BCUT2D eigenvalue weighted by molar-refractivity contribution is 5.04. The van der Waals surface area contributed by atoms with Gasteiger partial charge in [-0.3, -0.25) is 0 Å². The van der Waals surface area contributed by atoms with E-state index in [1.54, 1.807) is 0 Å². The Labute approximate surface area is 102 Å². The molecule has 2 rings (SSSR count).